The lowest BCUT2D eigenvalue weighted by Crippen LogP contribution is -2.23. The van der Waals surface area contributed by atoms with Crippen molar-refractivity contribution in [2.45, 2.75) is 30.3 Å². The van der Waals surface area contributed by atoms with Gasteiger partial charge in [0.05, 0.1) is 0 Å². The van der Waals surface area contributed by atoms with Crippen molar-refractivity contribution >= 4 is 23.5 Å². The number of aromatic amines is 1. The highest BCUT2D eigenvalue weighted by atomic mass is 32.2. The van der Waals surface area contributed by atoms with Gasteiger partial charge in [-0.05, 0) is 42.2 Å². The summed E-state index contributed by atoms with van der Waals surface area (Å²) < 4.78 is 0. The fourth-order valence-corrected chi connectivity index (χ4v) is 3.84. The summed E-state index contributed by atoms with van der Waals surface area (Å²) in [7, 11) is 0. The van der Waals surface area contributed by atoms with E-state index in [1.54, 1.807) is 11.8 Å². The molecule has 3 heterocycles. The van der Waals surface area contributed by atoms with Crippen LogP contribution in [0.4, 0.5) is 5.82 Å². The topological polar surface area (TPSA) is 86.8 Å². The summed E-state index contributed by atoms with van der Waals surface area (Å²) >= 11 is 1.57. The van der Waals surface area contributed by atoms with Gasteiger partial charge in [0.25, 0.3) is 5.91 Å². The molecule has 0 spiro atoms. The monoisotopic (exact) mass is 394 g/mol. The molecule has 7 nitrogen and oxygen atoms in total. The standard InChI is InChI=1S/C20H22N6OS/c27-19(17-6-3-15(4-7-17)13-28-20-23-14-24-25-20)22-12-16-5-8-18(21-11-16)26-9-1-2-10-26/h3-8,11,14H,1-2,9-10,12-13H2,(H,22,27)(H,23,24,25). The van der Waals surface area contributed by atoms with Crippen molar-refractivity contribution in [2.24, 2.45) is 0 Å². The van der Waals surface area contributed by atoms with Crippen molar-refractivity contribution < 1.29 is 4.79 Å². The minimum Gasteiger partial charge on any atom is -0.357 e. The maximum atomic E-state index is 12.4. The minimum atomic E-state index is -0.0851. The van der Waals surface area contributed by atoms with Gasteiger partial charge in [-0.1, -0.05) is 30.0 Å². The number of hydrogen-bond acceptors (Lipinski definition) is 6. The van der Waals surface area contributed by atoms with Crippen LogP contribution in [0.5, 0.6) is 0 Å². The van der Waals surface area contributed by atoms with E-state index in [2.05, 4.69) is 30.4 Å². The largest absolute Gasteiger partial charge is 0.357 e. The van der Waals surface area contributed by atoms with Gasteiger partial charge in [0, 0.05) is 37.1 Å². The molecule has 28 heavy (non-hydrogen) atoms. The molecule has 1 aliphatic heterocycles. The Morgan fingerprint density at radius 2 is 1.86 bits per heavy atom. The predicted octanol–water partition coefficient (Wildman–Crippen LogP) is 3.02. The molecule has 0 unspecified atom stereocenters. The van der Waals surface area contributed by atoms with Crippen molar-refractivity contribution in [1.82, 2.24) is 25.5 Å². The van der Waals surface area contributed by atoms with Crippen LogP contribution in [0.3, 0.4) is 0 Å². The Balaban J connectivity index is 1.27. The Morgan fingerprint density at radius 1 is 1.07 bits per heavy atom. The van der Waals surface area contributed by atoms with Gasteiger partial charge in [-0.3, -0.25) is 9.89 Å². The Kier molecular flexibility index (Phi) is 5.86. The summed E-state index contributed by atoms with van der Waals surface area (Å²) in [5.41, 5.74) is 2.77. The highest BCUT2D eigenvalue weighted by molar-refractivity contribution is 7.98. The first-order chi connectivity index (χ1) is 13.8. The van der Waals surface area contributed by atoms with Crippen molar-refractivity contribution in [1.29, 1.82) is 0 Å². The van der Waals surface area contributed by atoms with Crippen LogP contribution in [0.15, 0.2) is 54.1 Å². The number of hydrogen-bond donors (Lipinski definition) is 2. The zero-order valence-electron chi connectivity index (χ0n) is 15.5. The van der Waals surface area contributed by atoms with Gasteiger partial charge in [0.15, 0.2) is 5.16 Å². The Morgan fingerprint density at radius 3 is 2.54 bits per heavy atom. The summed E-state index contributed by atoms with van der Waals surface area (Å²) in [4.78, 5) is 23.3. The van der Waals surface area contributed by atoms with Gasteiger partial charge in [-0.25, -0.2) is 9.97 Å². The number of amides is 1. The molecule has 1 saturated heterocycles. The normalized spacial score (nSPS) is 13.6. The van der Waals surface area contributed by atoms with E-state index in [1.165, 1.54) is 19.2 Å². The number of carbonyl (C=O) groups is 1. The highest BCUT2D eigenvalue weighted by Crippen LogP contribution is 2.19. The molecule has 0 bridgehead atoms. The van der Waals surface area contributed by atoms with Gasteiger partial charge in [-0.15, -0.1) is 0 Å². The molecular formula is C20H22N6OS. The van der Waals surface area contributed by atoms with Gasteiger partial charge in [-0.2, -0.15) is 5.10 Å². The first kappa shape index (κ1) is 18.5. The van der Waals surface area contributed by atoms with Crippen LogP contribution in [-0.2, 0) is 12.3 Å². The summed E-state index contributed by atoms with van der Waals surface area (Å²) in [6.45, 7) is 2.63. The van der Waals surface area contributed by atoms with E-state index in [-0.39, 0.29) is 5.91 Å². The van der Waals surface area contributed by atoms with Crippen LogP contribution < -0.4 is 10.2 Å². The van der Waals surface area contributed by atoms with Crippen LogP contribution in [0.25, 0.3) is 0 Å². The molecular weight excluding hydrogens is 372 g/mol. The average molecular weight is 395 g/mol. The van der Waals surface area contributed by atoms with Gasteiger partial charge in [0.1, 0.15) is 12.1 Å². The Bertz CT molecular complexity index is 889. The fraction of sp³-hybridized carbons (Fsp3) is 0.300. The lowest BCUT2D eigenvalue weighted by Gasteiger charge is -2.16. The summed E-state index contributed by atoms with van der Waals surface area (Å²) in [5.74, 6) is 1.70. The first-order valence-electron chi connectivity index (χ1n) is 9.33. The quantitative estimate of drug-likeness (QED) is 0.599. The zero-order valence-corrected chi connectivity index (χ0v) is 16.3. The molecule has 2 N–H and O–H groups in total. The number of benzene rings is 1. The average Bonchev–Trinajstić information content (AvgIpc) is 3.45. The number of pyridine rings is 1. The zero-order chi connectivity index (χ0) is 19.2. The number of anilines is 1. The second-order valence-electron chi connectivity index (χ2n) is 6.68. The van der Waals surface area contributed by atoms with E-state index in [4.69, 9.17) is 0 Å². The molecule has 2 aromatic heterocycles. The third-order valence-electron chi connectivity index (χ3n) is 4.68. The van der Waals surface area contributed by atoms with E-state index in [0.717, 1.165) is 40.9 Å². The van der Waals surface area contributed by atoms with Gasteiger partial charge in [0.2, 0.25) is 0 Å². The molecule has 3 aromatic rings. The second-order valence-corrected chi connectivity index (χ2v) is 7.64. The molecule has 0 saturated carbocycles. The maximum absolute atomic E-state index is 12.4. The van der Waals surface area contributed by atoms with E-state index in [0.29, 0.717) is 12.1 Å². The van der Waals surface area contributed by atoms with E-state index >= 15 is 0 Å². The molecule has 0 radical (unpaired) electrons. The van der Waals surface area contributed by atoms with Crippen LogP contribution in [-0.4, -0.2) is 39.2 Å². The second kappa shape index (κ2) is 8.88. The summed E-state index contributed by atoms with van der Waals surface area (Å²) in [5, 5.41) is 10.4. The lowest BCUT2D eigenvalue weighted by atomic mass is 10.1. The molecule has 144 valence electrons. The molecule has 1 amide bonds. The van der Waals surface area contributed by atoms with Crippen LogP contribution in [0.1, 0.15) is 34.3 Å². The molecule has 1 aliphatic rings. The van der Waals surface area contributed by atoms with Crippen LogP contribution in [0.2, 0.25) is 0 Å². The maximum Gasteiger partial charge on any atom is 0.251 e. The van der Waals surface area contributed by atoms with Crippen molar-refractivity contribution in [2.75, 3.05) is 18.0 Å². The number of H-pyrrole nitrogens is 1. The molecule has 0 aliphatic carbocycles. The van der Waals surface area contributed by atoms with Gasteiger partial charge >= 0.3 is 0 Å². The molecule has 1 fully saturated rings. The van der Waals surface area contributed by atoms with E-state index in [1.807, 2.05) is 42.6 Å². The number of aromatic nitrogens is 4. The number of rotatable bonds is 7. The van der Waals surface area contributed by atoms with Crippen molar-refractivity contribution in [3.8, 4) is 0 Å². The number of carbonyl (C=O) groups excluding carboxylic acids is 1. The predicted molar refractivity (Wildman–Crippen MR) is 109 cm³/mol. The van der Waals surface area contributed by atoms with Crippen LogP contribution >= 0.6 is 11.8 Å². The smallest absolute Gasteiger partial charge is 0.251 e. The van der Waals surface area contributed by atoms with Crippen LogP contribution in [0, 0.1) is 0 Å². The Hall–Kier alpha value is -2.87. The molecule has 8 heteroatoms. The summed E-state index contributed by atoms with van der Waals surface area (Å²) in [6, 6.07) is 11.7. The molecule has 0 atom stereocenters. The van der Waals surface area contributed by atoms with Gasteiger partial charge < -0.3 is 10.2 Å². The minimum absolute atomic E-state index is 0.0851. The van der Waals surface area contributed by atoms with E-state index in [9.17, 15) is 4.79 Å². The van der Waals surface area contributed by atoms with Crippen molar-refractivity contribution in [3.05, 3.63) is 65.6 Å². The SMILES string of the molecule is O=C(NCc1ccc(N2CCCC2)nc1)c1ccc(CSc2ncn[nH]2)cc1. The third kappa shape index (κ3) is 4.69. The molecule has 1 aromatic carbocycles. The summed E-state index contributed by atoms with van der Waals surface area (Å²) in [6.07, 6.45) is 5.80. The Labute approximate surface area is 168 Å². The first-order valence-corrected chi connectivity index (χ1v) is 10.3. The fourth-order valence-electron chi connectivity index (χ4n) is 3.11. The van der Waals surface area contributed by atoms with E-state index < -0.39 is 0 Å². The number of thioether (sulfide) groups is 1. The number of nitrogens with one attached hydrogen (secondary N) is 2. The highest BCUT2D eigenvalue weighted by Gasteiger charge is 2.13. The third-order valence-corrected chi connectivity index (χ3v) is 5.62. The van der Waals surface area contributed by atoms with Crippen molar-refractivity contribution in [3.63, 3.8) is 0 Å². The number of nitrogens with zero attached hydrogens (tertiary/aromatic N) is 4. The molecule has 4 rings (SSSR count). The lowest BCUT2D eigenvalue weighted by molar-refractivity contribution is 0.0951.